The van der Waals surface area contributed by atoms with E-state index >= 15 is 0 Å². The molecule has 0 spiro atoms. The minimum atomic E-state index is -0.489. The van der Waals surface area contributed by atoms with E-state index in [-0.39, 0.29) is 12.2 Å². The van der Waals surface area contributed by atoms with Crippen LogP contribution in [0.25, 0.3) is 0 Å². The van der Waals surface area contributed by atoms with Gasteiger partial charge >= 0.3 is 5.97 Å². The summed E-state index contributed by atoms with van der Waals surface area (Å²) in [5.74, 6) is -1.43. The van der Waals surface area contributed by atoms with Crippen LogP contribution in [0.4, 0.5) is 9.39 Å². The Labute approximate surface area is 131 Å². The molecule has 1 amide bonds. The van der Waals surface area contributed by atoms with Gasteiger partial charge < -0.3 is 10.1 Å². The normalized spacial score (nSPS) is 10.4. The van der Waals surface area contributed by atoms with E-state index in [0.717, 1.165) is 16.5 Å². The van der Waals surface area contributed by atoms with Crippen LogP contribution < -0.4 is 5.32 Å². The lowest BCUT2D eigenvalue weighted by Gasteiger charge is -2.07. The summed E-state index contributed by atoms with van der Waals surface area (Å²) >= 11 is 1.30. The third-order valence-electron chi connectivity index (χ3n) is 3.18. The zero-order valence-corrected chi connectivity index (χ0v) is 13.3. The first-order valence-electron chi connectivity index (χ1n) is 6.78. The molecule has 0 unspecified atom stereocenters. The standard InChI is InChI=1S/C16H16FNO3S/c1-4-21-16(20)13-9(2)10(3)22-15(13)18-14(19)11-6-5-7-12(17)8-11/h5-8H,4H2,1-3H3,(H,18,19). The SMILES string of the molecule is CCOC(=O)c1c(NC(=O)c2cccc(F)c2)sc(C)c1C. The molecule has 0 saturated carbocycles. The van der Waals surface area contributed by atoms with Gasteiger partial charge in [-0.1, -0.05) is 6.07 Å². The van der Waals surface area contributed by atoms with Crippen molar-refractivity contribution in [3.8, 4) is 0 Å². The lowest BCUT2D eigenvalue weighted by molar-refractivity contribution is 0.0527. The molecule has 1 aromatic heterocycles. The molecule has 4 nitrogen and oxygen atoms in total. The lowest BCUT2D eigenvalue weighted by Crippen LogP contribution is -2.15. The number of rotatable bonds is 4. The van der Waals surface area contributed by atoms with Gasteiger partial charge in [-0.3, -0.25) is 4.79 Å². The van der Waals surface area contributed by atoms with E-state index in [1.165, 1.54) is 29.5 Å². The summed E-state index contributed by atoms with van der Waals surface area (Å²) in [5.41, 5.74) is 1.32. The Morgan fingerprint density at radius 3 is 2.68 bits per heavy atom. The summed E-state index contributed by atoms with van der Waals surface area (Å²) in [6, 6.07) is 5.38. The van der Waals surface area contributed by atoms with Crippen LogP contribution in [-0.4, -0.2) is 18.5 Å². The molecule has 116 valence electrons. The molecule has 0 radical (unpaired) electrons. The summed E-state index contributed by atoms with van der Waals surface area (Å²) in [6.07, 6.45) is 0. The minimum absolute atomic E-state index is 0.193. The number of anilines is 1. The fourth-order valence-electron chi connectivity index (χ4n) is 1.97. The summed E-state index contributed by atoms with van der Waals surface area (Å²) in [4.78, 5) is 25.2. The molecule has 1 N–H and O–H groups in total. The average Bonchev–Trinajstić information content (AvgIpc) is 2.74. The van der Waals surface area contributed by atoms with E-state index in [4.69, 9.17) is 4.74 Å². The van der Waals surface area contributed by atoms with Crippen LogP contribution in [0.2, 0.25) is 0 Å². The molecule has 0 aliphatic heterocycles. The monoisotopic (exact) mass is 321 g/mol. The Hall–Kier alpha value is -2.21. The number of benzene rings is 1. The topological polar surface area (TPSA) is 55.4 Å². The minimum Gasteiger partial charge on any atom is -0.462 e. The number of hydrogen-bond donors (Lipinski definition) is 1. The number of thiophene rings is 1. The molecule has 1 aromatic carbocycles. The molecule has 0 aliphatic carbocycles. The third-order valence-corrected chi connectivity index (χ3v) is 4.30. The van der Waals surface area contributed by atoms with Gasteiger partial charge in [-0.05, 0) is 44.5 Å². The molecule has 2 rings (SSSR count). The van der Waals surface area contributed by atoms with Crippen molar-refractivity contribution in [1.82, 2.24) is 0 Å². The number of nitrogens with one attached hydrogen (secondary N) is 1. The molecular formula is C16H16FNO3S. The summed E-state index contributed by atoms with van der Waals surface area (Å²) < 4.78 is 18.2. The second-order valence-electron chi connectivity index (χ2n) is 4.67. The van der Waals surface area contributed by atoms with Crippen LogP contribution in [0.3, 0.4) is 0 Å². The van der Waals surface area contributed by atoms with Gasteiger partial charge in [0.25, 0.3) is 5.91 Å². The predicted molar refractivity (Wildman–Crippen MR) is 84.1 cm³/mol. The smallest absolute Gasteiger partial charge is 0.341 e. The Balaban J connectivity index is 2.31. The number of carbonyl (C=O) groups is 2. The first kappa shape index (κ1) is 16.2. The van der Waals surface area contributed by atoms with Crippen molar-refractivity contribution in [2.45, 2.75) is 20.8 Å². The summed E-state index contributed by atoms with van der Waals surface area (Å²) in [5, 5.41) is 3.09. The van der Waals surface area contributed by atoms with Crippen molar-refractivity contribution in [2.24, 2.45) is 0 Å². The van der Waals surface area contributed by atoms with Gasteiger partial charge in [-0.2, -0.15) is 0 Å². The van der Waals surface area contributed by atoms with Crippen molar-refractivity contribution in [3.05, 3.63) is 51.7 Å². The largest absolute Gasteiger partial charge is 0.462 e. The van der Waals surface area contributed by atoms with Crippen LogP contribution in [0.1, 0.15) is 38.1 Å². The van der Waals surface area contributed by atoms with Crippen molar-refractivity contribution in [2.75, 3.05) is 11.9 Å². The van der Waals surface area contributed by atoms with Gasteiger partial charge in [0, 0.05) is 10.4 Å². The maximum absolute atomic E-state index is 13.2. The molecule has 0 fully saturated rings. The summed E-state index contributed by atoms with van der Waals surface area (Å²) in [7, 11) is 0. The zero-order chi connectivity index (χ0) is 16.3. The van der Waals surface area contributed by atoms with Crippen LogP contribution in [0, 0.1) is 19.7 Å². The van der Waals surface area contributed by atoms with Crippen molar-refractivity contribution in [1.29, 1.82) is 0 Å². The molecule has 6 heteroatoms. The maximum Gasteiger partial charge on any atom is 0.341 e. The molecule has 0 bridgehead atoms. The second-order valence-corrected chi connectivity index (χ2v) is 5.90. The second kappa shape index (κ2) is 6.70. The van der Waals surface area contributed by atoms with Crippen LogP contribution in [0.5, 0.6) is 0 Å². The Kier molecular flexibility index (Phi) is 4.92. The highest BCUT2D eigenvalue weighted by atomic mass is 32.1. The fraction of sp³-hybridized carbons (Fsp3) is 0.250. The Morgan fingerprint density at radius 2 is 2.05 bits per heavy atom. The number of esters is 1. The van der Waals surface area contributed by atoms with Crippen molar-refractivity contribution in [3.63, 3.8) is 0 Å². The van der Waals surface area contributed by atoms with Gasteiger partial charge in [0.2, 0.25) is 0 Å². The number of halogens is 1. The fourth-order valence-corrected chi connectivity index (χ4v) is 3.01. The first-order valence-corrected chi connectivity index (χ1v) is 7.59. The van der Waals surface area contributed by atoms with Crippen molar-refractivity contribution < 1.29 is 18.7 Å². The predicted octanol–water partition coefficient (Wildman–Crippen LogP) is 3.93. The third kappa shape index (κ3) is 3.33. The van der Waals surface area contributed by atoms with Gasteiger partial charge in [-0.25, -0.2) is 9.18 Å². The maximum atomic E-state index is 13.2. The van der Waals surface area contributed by atoms with E-state index in [0.29, 0.717) is 10.6 Å². The highest BCUT2D eigenvalue weighted by Crippen LogP contribution is 2.33. The van der Waals surface area contributed by atoms with E-state index in [2.05, 4.69) is 5.32 Å². The lowest BCUT2D eigenvalue weighted by atomic mass is 10.1. The number of hydrogen-bond acceptors (Lipinski definition) is 4. The Morgan fingerprint density at radius 1 is 1.32 bits per heavy atom. The zero-order valence-electron chi connectivity index (χ0n) is 12.5. The number of ether oxygens (including phenoxy) is 1. The average molecular weight is 321 g/mol. The van der Waals surface area contributed by atoms with Crippen LogP contribution in [0.15, 0.2) is 24.3 Å². The number of aryl methyl sites for hydroxylation is 1. The number of amides is 1. The molecular weight excluding hydrogens is 305 g/mol. The van der Waals surface area contributed by atoms with Gasteiger partial charge in [0.05, 0.1) is 12.2 Å². The van der Waals surface area contributed by atoms with E-state index in [1.807, 2.05) is 6.92 Å². The van der Waals surface area contributed by atoms with Crippen LogP contribution in [-0.2, 0) is 4.74 Å². The highest BCUT2D eigenvalue weighted by Gasteiger charge is 2.22. The molecule has 2 aromatic rings. The van der Waals surface area contributed by atoms with Gasteiger partial charge in [-0.15, -0.1) is 11.3 Å². The van der Waals surface area contributed by atoms with E-state index < -0.39 is 17.7 Å². The molecule has 1 heterocycles. The van der Waals surface area contributed by atoms with E-state index in [9.17, 15) is 14.0 Å². The first-order chi connectivity index (χ1) is 10.4. The van der Waals surface area contributed by atoms with E-state index in [1.54, 1.807) is 13.8 Å². The molecule has 0 atom stereocenters. The highest BCUT2D eigenvalue weighted by molar-refractivity contribution is 7.16. The molecule has 0 saturated heterocycles. The quantitative estimate of drug-likeness (QED) is 0.868. The van der Waals surface area contributed by atoms with Gasteiger partial charge in [0.1, 0.15) is 10.8 Å². The van der Waals surface area contributed by atoms with Crippen molar-refractivity contribution >= 4 is 28.2 Å². The molecule has 0 aliphatic rings. The Bertz CT molecular complexity index is 724. The van der Waals surface area contributed by atoms with Gasteiger partial charge in [0.15, 0.2) is 0 Å². The summed E-state index contributed by atoms with van der Waals surface area (Å²) in [6.45, 7) is 5.64. The molecule has 22 heavy (non-hydrogen) atoms. The number of carbonyl (C=O) groups excluding carboxylic acids is 2. The van der Waals surface area contributed by atoms with Crippen LogP contribution >= 0.6 is 11.3 Å².